The third kappa shape index (κ3) is 4.17. The van der Waals surface area contributed by atoms with Crippen LogP contribution in [0.4, 0.5) is 11.4 Å². The summed E-state index contributed by atoms with van der Waals surface area (Å²) in [5, 5.41) is 4.69. The van der Waals surface area contributed by atoms with Crippen molar-refractivity contribution in [1.29, 1.82) is 0 Å². The first-order valence-electron chi connectivity index (χ1n) is 10.1. The Hall–Kier alpha value is -3.42. The van der Waals surface area contributed by atoms with Gasteiger partial charge in [0.15, 0.2) is 0 Å². The van der Waals surface area contributed by atoms with Crippen LogP contribution in [0.1, 0.15) is 16.7 Å². The summed E-state index contributed by atoms with van der Waals surface area (Å²) in [6.45, 7) is 0. The molecule has 7 heteroatoms. The summed E-state index contributed by atoms with van der Waals surface area (Å²) in [6, 6.07) is 24.5. The van der Waals surface area contributed by atoms with Gasteiger partial charge in [-0.1, -0.05) is 48.5 Å². The molecular formula is C25H20N2O3S2. The maximum atomic E-state index is 12.5. The molecular weight excluding hydrogens is 440 g/mol. The largest absolute Gasteiger partial charge is 0.326 e. The van der Waals surface area contributed by atoms with E-state index in [0.29, 0.717) is 5.69 Å². The van der Waals surface area contributed by atoms with Gasteiger partial charge in [0, 0.05) is 11.4 Å². The summed E-state index contributed by atoms with van der Waals surface area (Å²) < 4.78 is 27.5. The topological polar surface area (TPSA) is 75.3 Å². The fraction of sp³-hybridized carbons (Fsp3) is 0.0800. The van der Waals surface area contributed by atoms with Crippen LogP contribution in [0.3, 0.4) is 0 Å². The van der Waals surface area contributed by atoms with Crippen LogP contribution in [0.5, 0.6) is 0 Å². The molecule has 0 bridgehead atoms. The number of carbonyl (C=O) groups is 1. The second-order valence-corrected chi connectivity index (χ2v) is 10.5. The average Bonchev–Trinajstić information content (AvgIpc) is 3.43. The van der Waals surface area contributed by atoms with Gasteiger partial charge in [-0.3, -0.25) is 9.52 Å². The van der Waals surface area contributed by atoms with Gasteiger partial charge in [-0.2, -0.15) is 0 Å². The molecule has 0 aliphatic heterocycles. The number of thiophene rings is 1. The molecule has 1 aliphatic rings. The molecule has 0 saturated heterocycles. The van der Waals surface area contributed by atoms with Crippen molar-refractivity contribution < 1.29 is 13.2 Å². The van der Waals surface area contributed by atoms with Crippen LogP contribution >= 0.6 is 11.3 Å². The van der Waals surface area contributed by atoms with E-state index in [9.17, 15) is 13.2 Å². The molecule has 0 spiro atoms. The average molecular weight is 461 g/mol. The van der Waals surface area contributed by atoms with E-state index < -0.39 is 10.0 Å². The highest BCUT2D eigenvalue weighted by Crippen LogP contribution is 2.37. The Bertz CT molecular complexity index is 1390. The van der Waals surface area contributed by atoms with E-state index >= 15 is 0 Å². The monoisotopic (exact) mass is 460 g/mol. The minimum absolute atomic E-state index is 0.118. The number of anilines is 2. The van der Waals surface area contributed by atoms with Gasteiger partial charge in [-0.15, -0.1) is 11.3 Å². The number of fused-ring (bicyclic) bond motifs is 3. The number of sulfonamides is 1. The number of amides is 1. The fourth-order valence-electron chi connectivity index (χ4n) is 3.93. The van der Waals surface area contributed by atoms with Crippen molar-refractivity contribution in [1.82, 2.24) is 0 Å². The molecule has 32 heavy (non-hydrogen) atoms. The molecule has 5 nitrogen and oxygen atoms in total. The Balaban J connectivity index is 1.22. The SMILES string of the molecule is O=C(Cc1ccc(NS(=O)(=O)c2cccs2)cc1)Nc1ccc2c(c1)Cc1ccccc1-2. The standard InChI is InChI=1S/C25H20N2O3S2/c28-24(26-21-11-12-23-19(16-21)15-18-4-1-2-5-22(18)23)14-17-7-9-20(10-8-17)27-32(29,30)25-6-3-13-31-25/h1-13,16,27H,14-15H2,(H,26,28). The third-order valence-corrected chi connectivity index (χ3v) is 8.19. The van der Waals surface area contributed by atoms with Crippen LogP contribution in [-0.4, -0.2) is 14.3 Å². The molecule has 1 aromatic heterocycles. The highest BCUT2D eigenvalue weighted by atomic mass is 32.2. The predicted octanol–water partition coefficient (Wildman–Crippen LogP) is 5.30. The van der Waals surface area contributed by atoms with Crippen LogP contribution in [-0.2, 0) is 27.7 Å². The summed E-state index contributed by atoms with van der Waals surface area (Å²) in [6.07, 6.45) is 1.08. The zero-order chi connectivity index (χ0) is 22.1. The quantitative estimate of drug-likeness (QED) is 0.361. The Labute approximate surface area is 190 Å². The smallest absolute Gasteiger partial charge is 0.271 e. The molecule has 0 radical (unpaired) electrons. The van der Waals surface area contributed by atoms with Crippen molar-refractivity contribution >= 4 is 38.6 Å². The van der Waals surface area contributed by atoms with E-state index in [-0.39, 0.29) is 16.5 Å². The molecule has 0 unspecified atom stereocenters. The second-order valence-electron chi connectivity index (χ2n) is 7.67. The number of nitrogens with one attached hydrogen (secondary N) is 2. The second kappa shape index (κ2) is 8.26. The molecule has 0 atom stereocenters. The minimum Gasteiger partial charge on any atom is -0.326 e. The number of carbonyl (C=O) groups excluding carboxylic acids is 1. The van der Waals surface area contributed by atoms with Crippen molar-refractivity contribution in [3.63, 3.8) is 0 Å². The molecule has 1 amide bonds. The van der Waals surface area contributed by atoms with Crippen LogP contribution in [0, 0.1) is 0 Å². The first-order valence-corrected chi connectivity index (χ1v) is 12.5. The summed E-state index contributed by atoms with van der Waals surface area (Å²) in [5.74, 6) is -0.118. The van der Waals surface area contributed by atoms with E-state index in [1.165, 1.54) is 22.3 Å². The van der Waals surface area contributed by atoms with Gasteiger partial charge in [0.05, 0.1) is 6.42 Å². The van der Waals surface area contributed by atoms with Gasteiger partial charge >= 0.3 is 0 Å². The van der Waals surface area contributed by atoms with E-state index in [0.717, 1.165) is 29.0 Å². The first-order chi connectivity index (χ1) is 15.5. The molecule has 0 fully saturated rings. The number of benzene rings is 3. The third-order valence-electron chi connectivity index (χ3n) is 5.41. The zero-order valence-corrected chi connectivity index (χ0v) is 18.7. The van der Waals surface area contributed by atoms with Gasteiger partial charge in [-0.05, 0) is 69.9 Å². The van der Waals surface area contributed by atoms with Gasteiger partial charge in [0.25, 0.3) is 10.0 Å². The highest BCUT2D eigenvalue weighted by molar-refractivity contribution is 7.94. The van der Waals surface area contributed by atoms with Crippen molar-refractivity contribution in [2.24, 2.45) is 0 Å². The van der Waals surface area contributed by atoms with Crippen molar-refractivity contribution in [2.75, 3.05) is 10.0 Å². The van der Waals surface area contributed by atoms with Gasteiger partial charge < -0.3 is 5.32 Å². The normalized spacial score (nSPS) is 12.1. The highest BCUT2D eigenvalue weighted by Gasteiger charge is 2.18. The number of rotatable bonds is 6. The lowest BCUT2D eigenvalue weighted by Gasteiger charge is -2.09. The number of hydrogen-bond acceptors (Lipinski definition) is 4. The predicted molar refractivity (Wildman–Crippen MR) is 129 cm³/mol. The van der Waals surface area contributed by atoms with Gasteiger partial charge in [0.2, 0.25) is 5.91 Å². The Morgan fingerprint density at radius 1 is 0.844 bits per heavy atom. The first kappa shape index (κ1) is 20.5. The molecule has 4 aromatic rings. The van der Waals surface area contributed by atoms with Crippen molar-refractivity contribution in [3.05, 3.63) is 101 Å². The van der Waals surface area contributed by atoms with E-state index in [2.05, 4.69) is 28.2 Å². The summed E-state index contributed by atoms with van der Waals surface area (Å²) in [4.78, 5) is 12.5. The Kier molecular flexibility index (Phi) is 5.28. The Morgan fingerprint density at radius 3 is 2.38 bits per heavy atom. The molecule has 2 N–H and O–H groups in total. The lowest BCUT2D eigenvalue weighted by Crippen LogP contribution is -2.15. The summed E-state index contributed by atoms with van der Waals surface area (Å²) in [5.41, 5.74) is 7.04. The summed E-state index contributed by atoms with van der Waals surface area (Å²) in [7, 11) is -3.58. The zero-order valence-electron chi connectivity index (χ0n) is 17.0. The van der Waals surface area contributed by atoms with Crippen LogP contribution < -0.4 is 10.0 Å². The van der Waals surface area contributed by atoms with Crippen LogP contribution in [0.15, 0.2) is 88.5 Å². The lowest BCUT2D eigenvalue weighted by molar-refractivity contribution is -0.115. The molecule has 5 rings (SSSR count). The fourth-order valence-corrected chi connectivity index (χ4v) is 5.98. The van der Waals surface area contributed by atoms with Crippen molar-refractivity contribution in [2.45, 2.75) is 17.1 Å². The van der Waals surface area contributed by atoms with E-state index in [1.54, 1.807) is 41.8 Å². The molecule has 160 valence electrons. The van der Waals surface area contributed by atoms with Crippen molar-refractivity contribution in [3.8, 4) is 11.1 Å². The molecule has 1 aliphatic carbocycles. The van der Waals surface area contributed by atoms with E-state index in [1.807, 2.05) is 24.3 Å². The van der Waals surface area contributed by atoms with Crippen LogP contribution in [0.25, 0.3) is 11.1 Å². The maximum absolute atomic E-state index is 12.5. The Morgan fingerprint density at radius 2 is 1.59 bits per heavy atom. The molecule has 3 aromatic carbocycles. The van der Waals surface area contributed by atoms with E-state index in [4.69, 9.17) is 0 Å². The van der Waals surface area contributed by atoms with Gasteiger partial charge in [0.1, 0.15) is 4.21 Å². The minimum atomic E-state index is -3.58. The lowest BCUT2D eigenvalue weighted by atomic mass is 10.1. The molecule has 1 heterocycles. The molecule has 0 saturated carbocycles. The number of hydrogen-bond donors (Lipinski definition) is 2. The summed E-state index contributed by atoms with van der Waals surface area (Å²) >= 11 is 1.16. The maximum Gasteiger partial charge on any atom is 0.271 e. The van der Waals surface area contributed by atoms with Gasteiger partial charge in [-0.25, -0.2) is 8.42 Å². The van der Waals surface area contributed by atoms with Crippen LogP contribution in [0.2, 0.25) is 0 Å².